The minimum atomic E-state index is 0.269. The molecular weight excluding hydrogens is 264 g/mol. The van der Waals surface area contributed by atoms with Crippen LogP contribution in [0.3, 0.4) is 0 Å². The zero-order valence-corrected chi connectivity index (χ0v) is 14.4. The molecule has 0 spiro atoms. The summed E-state index contributed by atoms with van der Waals surface area (Å²) in [6, 6.07) is 6.87. The molecule has 1 N–H and O–H groups in total. The zero-order valence-electron chi connectivity index (χ0n) is 14.4. The van der Waals surface area contributed by atoms with Crippen LogP contribution in [0.2, 0.25) is 0 Å². The van der Waals surface area contributed by atoms with E-state index in [0.29, 0.717) is 12.0 Å². The third-order valence-electron chi connectivity index (χ3n) is 3.97. The maximum absolute atomic E-state index is 5.37. The normalized spacial score (nSPS) is 14.3. The van der Waals surface area contributed by atoms with Crippen molar-refractivity contribution in [2.24, 2.45) is 5.92 Å². The number of methoxy groups -OCH3 is 2. The molecule has 1 aromatic carbocycles. The Labute approximate surface area is 129 Å². The fourth-order valence-corrected chi connectivity index (χ4v) is 2.55. The van der Waals surface area contributed by atoms with Gasteiger partial charge in [-0.3, -0.25) is 0 Å². The van der Waals surface area contributed by atoms with E-state index in [1.54, 1.807) is 14.2 Å². The minimum Gasteiger partial charge on any atom is -0.493 e. The Kier molecular flexibility index (Phi) is 6.99. The van der Waals surface area contributed by atoms with Gasteiger partial charge in [0.2, 0.25) is 0 Å². The highest BCUT2D eigenvalue weighted by molar-refractivity contribution is 5.43. The molecule has 4 heteroatoms. The van der Waals surface area contributed by atoms with Crippen molar-refractivity contribution in [3.8, 4) is 11.5 Å². The van der Waals surface area contributed by atoms with E-state index in [1.807, 2.05) is 12.1 Å². The molecule has 2 atom stereocenters. The van der Waals surface area contributed by atoms with Crippen molar-refractivity contribution in [1.82, 2.24) is 10.2 Å². The molecule has 0 aliphatic heterocycles. The van der Waals surface area contributed by atoms with E-state index >= 15 is 0 Å². The largest absolute Gasteiger partial charge is 0.493 e. The van der Waals surface area contributed by atoms with E-state index in [1.165, 1.54) is 5.56 Å². The smallest absolute Gasteiger partial charge is 0.161 e. The van der Waals surface area contributed by atoms with Gasteiger partial charge in [-0.1, -0.05) is 19.9 Å². The van der Waals surface area contributed by atoms with E-state index in [-0.39, 0.29) is 6.04 Å². The average Bonchev–Trinajstić information content (AvgIpc) is 2.45. The second kappa shape index (κ2) is 8.25. The minimum absolute atomic E-state index is 0.269. The molecule has 0 bridgehead atoms. The molecule has 0 aromatic heterocycles. The molecule has 0 fully saturated rings. The first kappa shape index (κ1) is 17.8. The molecule has 21 heavy (non-hydrogen) atoms. The Hall–Kier alpha value is -1.26. The van der Waals surface area contributed by atoms with Crippen molar-refractivity contribution >= 4 is 0 Å². The molecule has 2 unspecified atom stereocenters. The summed E-state index contributed by atoms with van der Waals surface area (Å²) < 4.78 is 10.6. The maximum Gasteiger partial charge on any atom is 0.161 e. The van der Waals surface area contributed by atoms with Crippen molar-refractivity contribution in [1.29, 1.82) is 0 Å². The number of hydrogen-bond acceptors (Lipinski definition) is 4. The highest BCUT2D eigenvalue weighted by atomic mass is 16.5. The predicted octanol–water partition coefficient (Wildman–Crippen LogP) is 2.94. The van der Waals surface area contributed by atoms with Crippen LogP contribution >= 0.6 is 0 Å². The quantitative estimate of drug-likeness (QED) is 0.799. The number of likely N-dealkylation sites (N-methyl/N-ethyl adjacent to an activating group) is 1. The maximum atomic E-state index is 5.37. The fraction of sp³-hybridized carbons (Fsp3) is 0.647. The lowest BCUT2D eigenvalue weighted by Crippen LogP contribution is -2.42. The number of nitrogens with one attached hydrogen (secondary N) is 1. The Morgan fingerprint density at radius 2 is 1.67 bits per heavy atom. The second-order valence-corrected chi connectivity index (χ2v) is 6.02. The van der Waals surface area contributed by atoms with Crippen LogP contribution in [0.15, 0.2) is 18.2 Å². The number of hydrogen-bond donors (Lipinski definition) is 1. The van der Waals surface area contributed by atoms with Crippen LogP contribution in [0.5, 0.6) is 11.5 Å². The lowest BCUT2D eigenvalue weighted by atomic mass is 10.0. The van der Waals surface area contributed by atoms with Gasteiger partial charge < -0.3 is 19.7 Å². The summed E-state index contributed by atoms with van der Waals surface area (Å²) in [5, 5.41) is 3.61. The molecule has 120 valence electrons. The third-order valence-corrected chi connectivity index (χ3v) is 3.97. The summed E-state index contributed by atoms with van der Waals surface area (Å²) in [5.41, 5.74) is 1.20. The van der Waals surface area contributed by atoms with Crippen molar-refractivity contribution in [2.45, 2.75) is 32.9 Å². The first-order valence-electron chi connectivity index (χ1n) is 7.52. The Morgan fingerprint density at radius 1 is 1.05 bits per heavy atom. The molecule has 0 aliphatic carbocycles. The number of ether oxygens (including phenoxy) is 2. The van der Waals surface area contributed by atoms with E-state index < -0.39 is 0 Å². The third kappa shape index (κ3) is 4.90. The molecule has 1 aromatic rings. The number of benzene rings is 1. The van der Waals surface area contributed by atoms with Crippen LogP contribution in [-0.4, -0.2) is 45.8 Å². The molecule has 0 aliphatic rings. The van der Waals surface area contributed by atoms with Gasteiger partial charge in [0, 0.05) is 18.6 Å². The second-order valence-electron chi connectivity index (χ2n) is 6.02. The lowest BCUT2D eigenvalue weighted by molar-refractivity contribution is 0.220. The topological polar surface area (TPSA) is 33.7 Å². The van der Waals surface area contributed by atoms with Gasteiger partial charge in [-0.15, -0.1) is 0 Å². The number of rotatable bonds is 8. The molecule has 4 nitrogen and oxygen atoms in total. The van der Waals surface area contributed by atoms with Gasteiger partial charge in [-0.25, -0.2) is 0 Å². The van der Waals surface area contributed by atoms with Gasteiger partial charge in [-0.2, -0.15) is 0 Å². The molecule has 0 radical (unpaired) electrons. The molecular formula is C17H30N2O2. The van der Waals surface area contributed by atoms with Crippen LogP contribution in [0, 0.1) is 5.92 Å². The summed E-state index contributed by atoms with van der Waals surface area (Å²) in [4.78, 5) is 2.28. The SMILES string of the molecule is COc1ccc(C(C)NCC(C(C)C)N(C)C)cc1OC. The fourth-order valence-electron chi connectivity index (χ4n) is 2.55. The van der Waals surface area contributed by atoms with E-state index in [0.717, 1.165) is 18.0 Å². The first-order chi connectivity index (χ1) is 9.90. The van der Waals surface area contributed by atoms with Crippen LogP contribution in [0.4, 0.5) is 0 Å². The van der Waals surface area contributed by atoms with Crippen molar-refractivity contribution in [3.63, 3.8) is 0 Å². The molecule has 0 saturated carbocycles. The summed E-state index contributed by atoms with van der Waals surface area (Å²) >= 11 is 0. The van der Waals surface area contributed by atoms with Crippen LogP contribution in [0.25, 0.3) is 0 Å². The van der Waals surface area contributed by atoms with E-state index in [2.05, 4.69) is 51.1 Å². The Morgan fingerprint density at radius 3 is 2.14 bits per heavy atom. The van der Waals surface area contributed by atoms with Crippen molar-refractivity contribution in [3.05, 3.63) is 23.8 Å². The summed E-state index contributed by atoms with van der Waals surface area (Å²) in [6.07, 6.45) is 0. The van der Waals surface area contributed by atoms with Gasteiger partial charge in [0.05, 0.1) is 14.2 Å². The lowest BCUT2D eigenvalue weighted by Gasteiger charge is -2.29. The Bertz CT molecular complexity index is 425. The van der Waals surface area contributed by atoms with Crippen LogP contribution < -0.4 is 14.8 Å². The summed E-state index contributed by atoms with van der Waals surface area (Å²) in [7, 11) is 7.59. The highest BCUT2D eigenvalue weighted by Crippen LogP contribution is 2.29. The molecule has 0 saturated heterocycles. The molecule has 0 heterocycles. The van der Waals surface area contributed by atoms with Gasteiger partial charge in [0.25, 0.3) is 0 Å². The predicted molar refractivity (Wildman–Crippen MR) is 88.3 cm³/mol. The molecule has 0 amide bonds. The van der Waals surface area contributed by atoms with E-state index in [9.17, 15) is 0 Å². The van der Waals surface area contributed by atoms with Crippen molar-refractivity contribution in [2.75, 3.05) is 34.9 Å². The molecule has 1 rings (SSSR count). The van der Waals surface area contributed by atoms with Crippen LogP contribution in [0.1, 0.15) is 32.4 Å². The average molecular weight is 294 g/mol. The van der Waals surface area contributed by atoms with Gasteiger partial charge in [0.1, 0.15) is 0 Å². The van der Waals surface area contributed by atoms with Gasteiger partial charge >= 0.3 is 0 Å². The first-order valence-corrected chi connectivity index (χ1v) is 7.52. The van der Waals surface area contributed by atoms with Crippen LogP contribution in [-0.2, 0) is 0 Å². The monoisotopic (exact) mass is 294 g/mol. The highest BCUT2D eigenvalue weighted by Gasteiger charge is 2.17. The Balaban J connectivity index is 2.73. The summed E-state index contributed by atoms with van der Waals surface area (Å²) in [5.74, 6) is 2.16. The van der Waals surface area contributed by atoms with Gasteiger partial charge in [-0.05, 0) is 44.6 Å². The summed E-state index contributed by atoms with van der Waals surface area (Å²) in [6.45, 7) is 7.65. The number of nitrogens with zero attached hydrogens (tertiary/aromatic N) is 1. The standard InChI is InChI=1S/C17H30N2O2/c1-12(2)15(19(4)5)11-18-13(3)14-8-9-16(20-6)17(10-14)21-7/h8-10,12-13,15,18H,11H2,1-7H3. The van der Waals surface area contributed by atoms with Crippen molar-refractivity contribution < 1.29 is 9.47 Å². The van der Waals surface area contributed by atoms with E-state index in [4.69, 9.17) is 9.47 Å². The zero-order chi connectivity index (χ0) is 16.0. The van der Waals surface area contributed by atoms with Gasteiger partial charge in [0.15, 0.2) is 11.5 Å².